The Bertz CT molecular complexity index is 544. The molecule has 17 heavy (non-hydrogen) atoms. The number of hydrogen-bond donors (Lipinski definition) is 0. The summed E-state index contributed by atoms with van der Waals surface area (Å²) in [4.78, 5) is 2.02. The molecule has 0 fully saturated rings. The van der Waals surface area contributed by atoms with Crippen molar-refractivity contribution in [2.45, 2.75) is 6.42 Å². The molecule has 0 N–H and O–H groups in total. The van der Waals surface area contributed by atoms with Crippen LogP contribution >= 0.6 is 0 Å². The Hall–Kier alpha value is -1.42. The van der Waals surface area contributed by atoms with Gasteiger partial charge < -0.3 is 9.47 Å². The molecule has 2 aromatic rings. The Balaban J connectivity index is 2.54. The SMILES string of the molecule is CN(C)CCc1cn(C)c2c(F)ccc(F)c12. The van der Waals surface area contributed by atoms with Gasteiger partial charge in [0.2, 0.25) is 0 Å². The van der Waals surface area contributed by atoms with Gasteiger partial charge in [0.15, 0.2) is 0 Å². The summed E-state index contributed by atoms with van der Waals surface area (Å²) in [7, 11) is 5.66. The highest BCUT2D eigenvalue weighted by Gasteiger charge is 2.14. The van der Waals surface area contributed by atoms with Gasteiger partial charge in [-0.3, -0.25) is 0 Å². The van der Waals surface area contributed by atoms with Crippen LogP contribution in [0.25, 0.3) is 10.9 Å². The van der Waals surface area contributed by atoms with Gasteiger partial charge in [-0.05, 0) is 38.2 Å². The molecule has 2 rings (SSSR count). The van der Waals surface area contributed by atoms with Crippen molar-refractivity contribution in [3.63, 3.8) is 0 Å². The maximum Gasteiger partial charge on any atom is 0.147 e. The molecule has 4 heteroatoms. The average Bonchev–Trinajstić information content (AvgIpc) is 2.59. The van der Waals surface area contributed by atoms with E-state index >= 15 is 0 Å². The molecule has 0 spiro atoms. The lowest BCUT2D eigenvalue weighted by Gasteiger charge is -2.08. The summed E-state index contributed by atoms with van der Waals surface area (Å²) in [5.74, 6) is -0.726. The van der Waals surface area contributed by atoms with E-state index in [2.05, 4.69) is 0 Å². The number of rotatable bonds is 3. The number of hydrogen-bond acceptors (Lipinski definition) is 1. The van der Waals surface area contributed by atoms with Crippen molar-refractivity contribution < 1.29 is 8.78 Å². The second kappa shape index (κ2) is 4.45. The van der Waals surface area contributed by atoms with Crippen LogP contribution in [0.3, 0.4) is 0 Å². The maximum atomic E-state index is 13.8. The topological polar surface area (TPSA) is 8.17 Å². The maximum absolute atomic E-state index is 13.8. The predicted molar refractivity (Wildman–Crippen MR) is 65.1 cm³/mol. The summed E-state index contributed by atoms with van der Waals surface area (Å²) in [6, 6.07) is 2.37. The van der Waals surface area contributed by atoms with Crippen molar-refractivity contribution in [2.24, 2.45) is 7.05 Å². The highest BCUT2D eigenvalue weighted by Crippen LogP contribution is 2.26. The predicted octanol–water partition coefficient (Wildman–Crippen LogP) is 2.56. The molecule has 0 saturated heterocycles. The molecular formula is C13H16F2N2. The molecule has 1 aromatic carbocycles. The zero-order chi connectivity index (χ0) is 12.6. The molecule has 0 radical (unpaired) electrons. The zero-order valence-corrected chi connectivity index (χ0v) is 10.3. The van der Waals surface area contributed by atoms with Crippen molar-refractivity contribution >= 4 is 10.9 Å². The highest BCUT2D eigenvalue weighted by molar-refractivity contribution is 5.85. The van der Waals surface area contributed by atoms with Crippen LogP contribution < -0.4 is 0 Å². The molecule has 0 amide bonds. The van der Waals surface area contributed by atoms with Crippen LogP contribution in [0.4, 0.5) is 8.78 Å². The van der Waals surface area contributed by atoms with Gasteiger partial charge in [-0.25, -0.2) is 8.78 Å². The van der Waals surface area contributed by atoms with Crippen molar-refractivity contribution in [1.82, 2.24) is 9.47 Å². The molecule has 2 nitrogen and oxygen atoms in total. The van der Waals surface area contributed by atoms with Crippen LogP contribution in [0.1, 0.15) is 5.56 Å². The number of aromatic nitrogens is 1. The minimum atomic E-state index is -0.375. The van der Waals surface area contributed by atoms with E-state index in [0.29, 0.717) is 17.3 Å². The summed E-state index contributed by atoms with van der Waals surface area (Å²) >= 11 is 0. The van der Waals surface area contributed by atoms with Gasteiger partial charge in [-0.1, -0.05) is 0 Å². The normalized spacial score (nSPS) is 11.6. The molecule has 1 heterocycles. The van der Waals surface area contributed by atoms with E-state index in [-0.39, 0.29) is 11.6 Å². The minimum absolute atomic E-state index is 0.346. The van der Waals surface area contributed by atoms with Gasteiger partial charge in [-0.2, -0.15) is 0 Å². The molecule has 0 aliphatic carbocycles. The van der Waals surface area contributed by atoms with E-state index in [4.69, 9.17) is 0 Å². The van der Waals surface area contributed by atoms with E-state index in [0.717, 1.165) is 12.1 Å². The van der Waals surface area contributed by atoms with E-state index in [1.54, 1.807) is 17.8 Å². The third kappa shape index (κ3) is 2.17. The summed E-state index contributed by atoms with van der Waals surface area (Å²) in [5.41, 5.74) is 1.20. The molecule has 0 unspecified atom stereocenters. The number of halogens is 2. The smallest absolute Gasteiger partial charge is 0.147 e. The van der Waals surface area contributed by atoms with Crippen LogP contribution in [0, 0.1) is 11.6 Å². The largest absolute Gasteiger partial charge is 0.348 e. The molecule has 0 saturated carbocycles. The van der Waals surface area contributed by atoms with E-state index in [1.165, 1.54) is 12.1 Å². The minimum Gasteiger partial charge on any atom is -0.348 e. The third-order valence-electron chi connectivity index (χ3n) is 2.93. The lowest BCUT2D eigenvalue weighted by Crippen LogP contribution is -2.14. The second-order valence-electron chi connectivity index (χ2n) is 4.57. The monoisotopic (exact) mass is 238 g/mol. The van der Waals surface area contributed by atoms with Gasteiger partial charge in [-0.15, -0.1) is 0 Å². The lowest BCUT2D eigenvalue weighted by molar-refractivity contribution is 0.414. The first-order chi connectivity index (χ1) is 8.00. The Kier molecular flexibility index (Phi) is 3.15. The van der Waals surface area contributed by atoms with Crippen LogP contribution in [-0.4, -0.2) is 30.1 Å². The second-order valence-corrected chi connectivity index (χ2v) is 4.57. The molecule has 0 bridgehead atoms. The van der Waals surface area contributed by atoms with E-state index in [1.807, 2.05) is 19.0 Å². The number of likely N-dealkylation sites (N-methyl/N-ethyl adjacent to an activating group) is 1. The van der Waals surface area contributed by atoms with E-state index in [9.17, 15) is 8.78 Å². The van der Waals surface area contributed by atoms with Gasteiger partial charge in [0.05, 0.1) is 5.52 Å². The third-order valence-corrected chi connectivity index (χ3v) is 2.93. The Labute approximate surface area is 99.4 Å². The van der Waals surface area contributed by atoms with Crippen molar-refractivity contribution in [3.05, 3.63) is 35.5 Å². The first-order valence-electron chi connectivity index (χ1n) is 5.57. The molecule has 92 valence electrons. The van der Waals surface area contributed by atoms with Gasteiger partial charge >= 0.3 is 0 Å². The molecule has 0 aliphatic heterocycles. The number of fused-ring (bicyclic) bond motifs is 1. The van der Waals surface area contributed by atoms with Crippen LogP contribution in [-0.2, 0) is 13.5 Å². The molecule has 0 aliphatic rings. The fourth-order valence-corrected chi connectivity index (χ4v) is 2.09. The van der Waals surface area contributed by atoms with Gasteiger partial charge in [0, 0.05) is 25.2 Å². The van der Waals surface area contributed by atoms with Crippen molar-refractivity contribution in [3.8, 4) is 0 Å². The highest BCUT2D eigenvalue weighted by atomic mass is 19.1. The van der Waals surface area contributed by atoms with Crippen molar-refractivity contribution in [2.75, 3.05) is 20.6 Å². The molecule has 1 aromatic heterocycles. The van der Waals surface area contributed by atoms with Gasteiger partial charge in [0.1, 0.15) is 11.6 Å². The van der Waals surface area contributed by atoms with Crippen LogP contribution in [0.2, 0.25) is 0 Å². The molecular weight excluding hydrogens is 222 g/mol. The molecule has 0 atom stereocenters. The number of benzene rings is 1. The summed E-state index contributed by atoms with van der Waals surface area (Å²) in [5, 5.41) is 0.411. The lowest BCUT2D eigenvalue weighted by atomic mass is 10.1. The Morgan fingerprint density at radius 2 is 1.82 bits per heavy atom. The average molecular weight is 238 g/mol. The summed E-state index contributed by atoms with van der Waals surface area (Å²) < 4.78 is 29.1. The first kappa shape index (κ1) is 12.0. The standard InChI is InChI=1S/C13H16F2N2/c1-16(2)7-6-9-8-17(3)13-11(15)5-4-10(14)12(9)13/h4-5,8H,6-7H2,1-3H3. The number of aryl methyl sites for hydroxylation is 1. The Morgan fingerprint density at radius 3 is 2.47 bits per heavy atom. The zero-order valence-electron chi connectivity index (χ0n) is 10.3. The fraction of sp³-hybridized carbons (Fsp3) is 0.385. The van der Waals surface area contributed by atoms with Crippen LogP contribution in [0.15, 0.2) is 18.3 Å². The Morgan fingerprint density at radius 1 is 1.18 bits per heavy atom. The summed E-state index contributed by atoms with van der Waals surface area (Å²) in [6.45, 7) is 0.815. The first-order valence-corrected chi connectivity index (χ1v) is 5.57. The fourth-order valence-electron chi connectivity index (χ4n) is 2.09. The quantitative estimate of drug-likeness (QED) is 0.798. The van der Waals surface area contributed by atoms with E-state index < -0.39 is 0 Å². The van der Waals surface area contributed by atoms with Crippen molar-refractivity contribution in [1.29, 1.82) is 0 Å². The number of nitrogens with zero attached hydrogens (tertiary/aromatic N) is 2. The summed E-state index contributed by atoms with van der Waals surface area (Å²) in [6.07, 6.45) is 2.52. The van der Waals surface area contributed by atoms with Gasteiger partial charge in [0.25, 0.3) is 0 Å². The van der Waals surface area contributed by atoms with Crippen LogP contribution in [0.5, 0.6) is 0 Å².